The number of hydrogen-bond donors (Lipinski definition) is 1. The number of rotatable bonds is 7. The number of halogens is 1. The molecule has 3 aromatic rings. The van der Waals surface area contributed by atoms with Crippen molar-refractivity contribution in [2.24, 2.45) is 5.92 Å². The van der Waals surface area contributed by atoms with Gasteiger partial charge in [0, 0.05) is 31.6 Å². The lowest BCUT2D eigenvalue weighted by Gasteiger charge is -2.37. The third kappa shape index (κ3) is 5.78. The highest BCUT2D eigenvalue weighted by molar-refractivity contribution is 7.89. The van der Waals surface area contributed by atoms with Gasteiger partial charge in [-0.05, 0) is 54.9 Å². The first-order valence-electron chi connectivity index (χ1n) is 12.1. The number of fused-ring (bicyclic) bond motifs is 1. The van der Waals surface area contributed by atoms with Crippen LogP contribution in [0.25, 0.3) is 11.1 Å². The zero-order chi connectivity index (χ0) is 25.9. The fraction of sp³-hybridized carbons (Fsp3) is 0.357. The number of nitrogens with zero attached hydrogens (tertiary/aromatic N) is 2. The van der Waals surface area contributed by atoms with Crippen LogP contribution in [0.2, 0.25) is 0 Å². The first-order chi connectivity index (χ1) is 17.2. The maximum absolute atomic E-state index is 13.7. The van der Waals surface area contributed by atoms with Gasteiger partial charge in [-0.3, -0.25) is 4.90 Å². The fourth-order valence-corrected chi connectivity index (χ4v) is 6.40. The zero-order valence-electron chi connectivity index (χ0n) is 20.8. The van der Waals surface area contributed by atoms with Gasteiger partial charge in [0.1, 0.15) is 22.6 Å². The van der Waals surface area contributed by atoms with Crippen LogP contribution < -0.4 is 4.74 Å². The van der Waals surface area contributed by atoms with Crippen molar-refractivity contribution < 1.29 is 22.7 Å². The summed E-state index contributed by atoms with van der Waals surface area (Å²) in [6, 6.07) is 20.8. The number of aliphatic hydroxyl groups is 1. The fourth-order valence-electron chi connectivity index (χ4n) is 4.57. The van der Waals surface area contributed by atoms with Crippen LogP contribution in [0.1, 0.15) is 19.4 Å². The monoisotopic (exact) mass is 512 g/mol. The smallest absolute Gasteiger partial charge is 0.247 e. The SMILES string of the molecule is C[C@H](CO)N1C[C@H](C)[C@H](CN(C)Cc2cccc(F)c2)Oc2cc(-c3ccccc3)ccc2S1(=O)=O. The molecule has 1 aliphatic heterocycles. The maximum atomic E-state index is 13.7. The van der Waals surface area contributed by atoms with Gasteiger partial charge < -0.3 is 9.84 Å². The van der Waals surface area contributed by atoms with Crippen molar-refractivity contribution in [3.8, 4) is 16.9 Å². The van der Waals surface area contributed by atoms with E-state index in [1.807, 2.05) is 55.3 Å². The number of aliphatic hydroxyl groups excluding tert-OH is 1. The molecule has 0 saturated carbocycles. The van der Waals surface area contributed by atoms with E-state index in [1.165, 1.54) is 16.4 Å². The van der Waals surface area contributed by atoms with E-state index < -0.39 is 16.1 Å². The van der Waals surface area contributed by atoms with Gasteiger partial charge in [-0.25, -0.2) is 12.8 Å². The van der Waals surface area contributed by atoms with E-state index >= 15 is 0 Å². The van der Waals surface area contributed by atoms with E-state index in [-0.39, 0.29) is 35.9 Å². The highest BCUT2D eigenvalue weighted by atomic mass is 32.2. The molecule has 0 fully saturated rings. The van der Waals surface area contributed by atoms with Crippen molar-refractivity contribution in [1.82, 2.24) is 9.21 Å². The Bertz CT molecular complexity index is 1290. The predicted molar refractivity (Wildman–Crippen MR) is 139 cm³/mol. The molecule has 4 rings (SSSR count). The molecule has 1 aliphatic rings. The molecular weight excluding hydrogens is 479 g/mol. The quantitative estimate of drug-likeness (QED) is 0.508. The van der Waals surface area contributed by atoms with Crippen molar-refractivity contribution in [2.75, 3.05) is 26.7 Å². The minimum absolute atomic E-state index is 0.0900. The summed E-state index contributed by atoms with van der Waals surface area (Å²) in [5.41, 5.74) is 2.66. The van der Waals surface area contributed by atoms with E-state index in [0.29, 0.717) is 18.8 Å². The summed E-state index contributed by atoms with van der Waals surface area (Å²) < 4.78 is 48.8. The molecule has 0 radical (unpaired) electrons. The summed E-state index contributed by atoms with van der Waals surface area (Å²) in [5.74, 6) is -0.155. The van der Waals surface area contributed by atoms with Crippen molar-refractivity contribution in [1.29, 1.82) is 0 Å². The minimum atomic E-state index is -3.90. The Balaban J connectivity index is 1.71. The molecular formula is C28H33FN2O4S. The third-order valence-corrected chi connectivity index (χ3v) is 8.63. The summed E-state index contributed by atoms with van der Waals surface area (Å²) in [6.45, 7) is 4.62. The molecule has 8 heteroatoms. The van der Waals surface area contributed by atoms with Gasteiger partial charge in [0.15, 0.2) is 0 Å². The van der Waals surface area contributed by atoms with Crippen molar-refractivity contribution in [3.63, 3.8) is 0 Å². The third-order valence-electron chi connectivity index (χ3n) is 6.61. The average Bonchev–Trinajstić information content (AvgIpc) is 2.86. The summed E-state index contributed by atoms with van der Waals surface area (Å²) in [7, 11) is -1.96. The van der Waals surface area contributed by atoms with Crippen LogP contribution >= 0.6 is 0 Å². The van der Waals surface area contributed by atoms with Crippen molar-refractivity contribution in [3.05, 3.63) is 84.2 Å². The first-order valence-corrected chi connectivity index (χ1v) is 13.5. The predicted octanol–water partition coefficient (Wildman–Crippen LogP) is 4.39. The Morgan fingerprint density at radius 2 is 1.83 bits per heavy atom. The Kier molecular flexibility index (Phi) is 8.10. The van der Waals surface area contributed by atoms with Gasteiger partial charge in [-0.15, -0.1) is 0 Å². The van der Waals surface area contributed by atoms with E-state index in [0.717, 1.165) is 16.7 Å². The lowest BCUT2D eigenvalue weighted by atomic mass is 10.0. The van der Waals surface area contributed by atoms with Crippen LogP contribution in [-0.4, -0.2) is 61.6 Å². The van der Waals surface area contributed by atoms with Crippen LogP contribution in [0, 0.1) is 11.7 Å². The van der Waals surface area contributed by atoms with Crippen LogP contribution in [0.3, 0.4) is 0 Å². The van der Waals surface area contributed by atoms with Crippen LogP contribution in [0.5, 0.6) is 5.75 Å². The number of hydrogen-bond acceptors (Lipinski definition) is 5. The van der Waals surface area contributed by atoms with Crippen LogP contribution in [-0.2, 0) is 16.6 Å². The average molecular weight is 513 g/mol. The molecule has 192 valence electrons. The second-order valence-corrected chi connectivity index (χ2v) is 11.5. The van der Waals surface area contributed by atoms with Crippen LogP contribution in [0.4, 0.5) is 4.39 Å². The topological polar surface area (TPSA) is 70.1 Å². The van der Waals surface area contributed by atoms with Crippen molar-refractivity contribution >= 4 is 10.0 Å². The van der Waals surface area contributed by atoms with Gasteiger partial charge >= 0.3 is 0 Å². The Hall–Kier alpha value is -2.78. The van der Waals surface area contributed by atoms with Crippen molar-refractivity contribution in [2.45, 2.75) is 37.4 Å². The van der Waals surface area contributed by atoms with Gasteiger partial charge in [-0.2, -0.15) is 4.31 Å². The first kappa shape index (κ1) is 26.3. The Labute approximate surface area is 213 Å². The molecule has 0 spiro atoms. The highest BCUT2D eigenvalue weighted by Gasteiger charge is 2.38. The van der Waals surface area contributed by atoms with E-state index in [2.05, 4.69) is 0 Å². The van der Waals surface area contributed by atoms with Gasteiger partial charge in [0.05, 0.1) is 6.61 Å². The number of likely N-dealkylation sites (N-methyl/N-ethyl adjacent to an activating group) is 1. The number of sulfonamides is 1. The lowest BCUT2D eigenvalue weighted by Crippen LogP contribution is -2.49. The lowest BCUT2D eigenvalue weighted by molar-refractivity contribution is 0.0734. The second-order valence-electron chi connectivity index (χ2n) is 9.59. The molecule has 0 unspecified atom stereocenters. The summed E-state index contributed by atoms with van der Waals surface area (Å²) in [6.07, 6.45) is -0.336. The minimum Gasteiger partial charge on any atom is -0.487 e. The molecule has 0 saturated heterocycles. The molecule has 0 aliphatic carbocycles. The molecule has 36 heavy (non-hydrogen) atoms. The van der Waals surface area contributed by atoms with Gasteiger partial charge in [-0.1, -0.05) is 55.5 Å². The van der Waals surface area contributed by atoms with Gasteiger partial charge in [0.2, 0.25) is 10.0 Å². The maximum Gasteiger partial charge on any atom is 0.247 e. The molecule has 0 aromatic heterocycles. The molecule has 6 nitrogen and oxygen atoms in total. The normalized spacial score (nSPS) is 20.7. The summed E-state index contributed by atoms with van der Waals surface area (Å²) in [4.78, 5) is 2.14. The van der Waals surface area contributed by atoms with E-state index in [9.17, 15) is 17.9 Å². The molecule has 3 atom stereocenters. The van der Waals surface area contributed by atoms with Crippen LogP contribution in [0.15, 0.2) is 77.7 Å². The number of ether oxygens (including phenoxy) is 1. The molecule has 0 amide bonds. The Morgan fingerprint density at radius 3 is 2.53 bits per heavy atom. The van der Waals surface area contributed by atoms with E-state index in [1.54, 1.807) is 31.2 Å². The van der Waals surface area contributed by atoms with E-state index in [4.69, 9.17) is 4.74 Å². The largest absolute Gasteiger partial charge is 0.487 e. The standard InChI is InChI=1S/C28H33FN2O4S/c1-20-16-31(21(2)19-32)36(33,34)28-13-12-24(23-9-5-4-6-10-23)15-26(28)35-27(20)18-30(3)17-22-8-7-11-25(29)14-22/h4-15,20-21,27,32H,16-19H2,1-3H3/t20-,21+,27-/m0/s1. The molecule has 1 N–H and O–H groups in total. The summed E-state index contributed by atoms with van der Waals surface area (Å²) >= 11 is 0. The number of benzene rings is 3. The highest BCUT2D eigenvalue weighted by Crippen LogP contribution is 2.36. The Morgan fingerprint density at radius 1 is 1.08 bits per heavy atom. The molecule has 1 heterocycles. The zero-order valence-corrected chi connectivity index (χ0v) is 21.7. The van der Waals surface area contributed by atoms with Gasteiger partial charge in [0.25, 0.3) is 0 Å². The summed E-state index contributed by atoms with van der Waals surface area (Å²) in [5, 5.41) is 9.83. The molecule has 0 bridgehead atoms. The molecule has 3 aromatic carbocycles. The second kappa shape index (κ2) is 11.1.